The van der Waals surface area contributed by atoms with E-state index in [0.717, 1.165) is 66.8 Å². The van der Waals surface area contributed by atoms with Crippen LogP contribution in [0.4, 0.5) is 0 Å². The average Bonchev–Trinajstić information content (AvgIpc) is 3.51. The maximum Gasteiger partial charge on any atom is 0.271 e. The molecule has 8 heteroatoms. The van der Waals surface area contributed by atoms with Crippen molar-refractivity contribution in [1.82, 2.24) is 30.2 Å². The van der Waals surface area contributed by atoms with E-state index in [1.165, 1.54) is 5.56 Å². The minimum atomic E-state index is -0.110. The van der Waals surface area contributed by atoms with Crippen molar-refractivity contribution in [3.05, 3.63) is 76.0 Å². The summed E-state index contributed by atoms with van der Waals surface area (Å²) in [4.78, 5) is 32.1. The number of imidazole rings is 1. The van der Waals surface area contributed by atoms with Crippen LogP contribution in [0.3, 0.4) is 0 Å². The zero-order valence-corrected chi connectivity index (χ0v) is 18.7. The molecule has 3 aromatic heterocycles. The molecule has 32 heavy (non-hydrogen) atoms. The Labute approximate surface area is 191 Å². The first-order valence-corrected chi connectivity index (χ1v) is 11.8. The lowest BCUT2D eigenvalue weighted by atomic mass is 10.0. The van der Waals surface area contributed by atoms with Gasteiger partial charge in [-0.25, -0.2) is 9.97 Å². The maximum atomic E-state index is 12.7. The molecule has 1 unspecified atom stereocenters. The summed E-state index contributed by atoms with van der Waals surface area (Å²) in [5.74, 6) is 1.23. The molecule has 1 fully saturated rings. The third-order valence-corrected chi connectivity index (χ3v) is 7.20. The number of carbonyl (C=O) groups excluding carboxylic acids is 1. The molecule has 164 valence electrons. The van der Waals surface area contributed by atoms with Gasteiger partial charge in [-0.1, -0.05) is 19.2 Å². The molecule has 1 aliphatic carbocycles. The summed E-state index contributed by atoms with van der Waals surface area (Å²) in [6, 6.07) is 4.01. The number of thiazole rings is 1. The Hall–Kier alpha value is -3.10. The fourth-order valence-electron chi connectivity index (χ4n) is 4.42. The van der Waals surface area contributed by atoms with Crippen LogP contribution in [0.15, 0.2) is 36.9 Å². The van der Waals surface area contributed by atoms with Gasteiger partial charge in [-0.3, -0.25) is 9.78 Å². The van der Waals surface area contributed by atoms with Crippen LogP contribution in [-0.2, 0) is 12.8 Å². The minimum Gasteiger partial charge on any atom is -0.342 e. The summed E-state index contributed by atoms with van der Waals surface area (Å²) in [6.07, 6.45) is 8.00. The fourth-order valence-corrected chi connectivity index (χ4v) is 5.30. The van der Waals surface area contributed by atoms with Crippen molar-refractivity contribution < 1.29 is 4.79 Å². The normalized spacial score (nSPS) is 18.2. The molecule has 0 spiro atoms. The van der Waals surface area contributed by atoms with Gasteiger partial charge in [0, 0.05) is 43.5 Å². The Morgan fingerprint density at radius 3 is 2.97 bits per heavy atom. The van der Waals surface area contributed by atoms with Gasteiger partial charge >= 0.3 is 0 Å². The topological polar surface area (TPSA) is 86.8 Å². The lowest BCUT2D eigenvalue weighted by molar-refractivity contribution is 0.0930. The van der Waals surface area contributed by atoms with Crippen molar-refractivity contribution in [3.8, 4) is 0 Å². The minimum absolute atomic E-state index is 0.0205. The van der Waals surface area contributed by atoms with E-state index in [1.54, 1.807) is 29.7 Å². The van der Waals surface area contributed by atoms with Gasteiger partial charge in [0.05, 0.1) is 28.1 Å². The number of nitrogens with one attached hydrogen (secondary N) is 2. The fraction of sp³-hybridized carbons (Fsp3) is 0.333. The highest BCUT2D eigenvalue weighted by molar-refractivity contribution is 7.10. The number of hydrogen-bond acceptors (Lipinski definition) is 6. The van der Waals surface area contributed by atoms with Crippen LogP contribution in [-0.4, -0.2) is 50.4 Å². The number of hydrogen-bond donors (Lipinski definition) is 2. The van der Waals surface area contributed by atoms with E-state index in [0.29, 0.717) is 11.6 Å². The molecule has 1 atom stereocenters. The van der Waals surface area contributed by atoms with Crippen LogP contribution in [0, 0.1) is 0 Å². The smallest absolute Gasteiger partial charge is 0.271 e. The van der Waals surface area contributed by atoms with E-state index >= 15 is 0 Å². The summed E-state index contributed by atoms with van der Waals surface area (Å²) >= 11 is 1.58. The zero-order valence-electron chi connectivity index (χ0n) is 17.9. The molecular weight excluding hydrogens is 420 g/mol. The van der Waals surface area contributed by atoms with E-state index in [1.807, 2.05) is 11.4 Å². The summed E-state index contributed by atoms with van der Waals surface area (Å²) in [5, 5.41) is 6.02. The zero-order chi connectivity index (χ0) is 22.1. The number of fused-ring (bicyclic) bond motifs is 1. The number of aromatic amines is 1. The first-order chi connectivity index (χ1) is 15.6. The quantitative estimate of drug-likeness (QED) is 0.552. The molecule has 0 saturated carbocycles. The summed E-state index contributed by atoms with van der Waals surface area (Å²) in [6.45, 7) is 10.4. The molecule has 4 heterocycles. The number of likely N-dealkylation sites (tertiary alicyclic amines) is 1. The average molecular weight is 447 g/mol. The van der Waals surface area contributed by atoms with Gasteiger partial charge in [0.1, 0.15) is 11.5 Å². The van der Waals surface area contributed by atoms with Gasteiger partial charge in [-0.05, 0) is 36.6 Å². The number of carbonyl (C=O) groups is 1. The number of H-pyrrole nitrogens is 1. The molecule has 1 amide bonds. The lowest BCUT2D eigenvalue weighted by Crippen LogP contribution is -2.45. The van der Waals surface area contributed by atoms with E-state index in [9.17, 15) is 4.79 Å². The predicted molar refractivity (Wildman–Crippen MR) is 127 cm³/mol. The number of amides is 1. The number of nitrogens with zero attached hydrogens (tertiary/aromatic N) is 4. The van der Waals surface area contributed by atoms with Crippen LogP contribution in [0.5, 0.6) is 0 Å². The number of aromatic nitrogens is 4. The number of rotatable bonds is 8. The van der Waals surface area contributed by atoms with E-state index < -0.39 is 0 Å². The van der Waals surface area contributed by atoms with Gasteiger partial charge in [0.25, 0.3) is 5.91 Å². The first-order valence-electron chi connectivity index (χ1n) is 10.9. The van der Waals surface area contributed by atoms with Crippen LogP contribution in [0.2, 0.25) is 0 Å². The Balaban J connectivity index is 1.12. The maximum absolute atomic E-state index is 12.7. The summed E-state index contributed by atoms with van der Waals surface area (Å²) < 4.78 is 0. The molecule has 5 rings (SSSR count). The second-order valence-corrected chi connectivity index (χ2v) is 9.17. The molecule has 2 aliphatic rings. The third-order valence-electron chi connectivity index (χ3n) is 6.20. The predicted octanol–water partition coefficient (Wildman–Crippen LogP) is 3.61. The summed E-state index contributed by atoms with van der Waals surface area (Å²) in [7, 11) is 0. The van der Waals surface area contributed by atoms with E-state index in [2.05, 4.69) is 49.4 Å². The van der Waals surface area contributed by atoms with Gasteiger partial charge in [0.2, 0.25) is 0 Å². The second-order valence-electron chi connectivity index (χ2n) is 8.28. The van der Waals surface area contributed by atoms with Crippen molar-refractivity contribution in [2.45, 2.75) is 31.2 Å². The monoisotopic (exact) mass is 446 g/mol. The third kappa shape index (κ3) is 4.03. The molecule has 1 aliphatic heterocycles. The first kappa shape index (κ1) is 20.8. The van der Waals surface area contributed by atoms with Gasteiger partial charge < -0.3 is 15.2 Å². The van der Waals surface area contributed by atoms with E-state index in [4.69, 9.17) is 0 Å². The van der Waals surface area contributed by atoms with Crippen molar-refractivity contribution in [2.75, 3.05) is 19.6 Å². The highest BCUT2D eigenvalue weighted by atomic mass is 32.1. The van der Waals surface area contributed by atoms with Crippen LogP contribution < -0.4 is 5.32 Å². The molecular formula is C24H26N6OS. The molecule has 0 bridgehead atoms. The van der Waals surface area contributed by atoms with Crippen LogP contribution in [0.1, 0.15) is 62.3 Å². The lowest BCUT2D eigenvalue weighted by Gasteiger charge is -2.38. The second kappa shape index (κ2) is 8.80. The standard InChI is InChI=1S/C24H26N6OS/c1-3-17-18(4-2)27-21(26-17)9-11-30-12-16(13-30)24-29-20(14-32-24)23(31)28-19-8-7-15-6-5-10-25-22(15)19/h3-6,10,14,16,19H,1-2,7-9,11-13H2,(H,26,27)(H,28,31). The van der Waals surface area contributed by atoms with Gasteiger partial charge in [-0.2, -0.15) is 0 Å². The Bertz CT molecular complexity index is 1130. The van der Waals surface area contributed by atoms with Crippen molar-refractivity contribution >= 4 is 29.4 Å². The molecule has 2 N–H and O–H groups in total. The number of aryl methyl sites for hydroxylation is 1. The van der Waals surface area contributed by atoms with Crippen LogP contribution >= 0.6 is 11.3 Å². The van der Waals surface area contributed by atoms with Crippen molar-refractivity contribution in [3.63, 3.8) is 0 Å². The summed E-state index contributed by atoms with van der Waals surface area (Å²) in [5.41, 5.74) is 4.49. The highest BCUT2D eigenvalue weighted by Crippen LogP contribution is 2.31. The Kier molecular flexibility index (Phi) is 5.71. The Morgan fingerprint density at radius 1 is 1.31 bits per heavy atom. The molecule has 1 saturated heterocycles. The van der Waals surface area contributed by atoms with Crippen molar-refractivity contribution in [1.29, 1.82) is 0 Å². The van der Waals surface area contributed by atoms with Gasteiger partial charge in [-0.15, -0.1) is 11.3 Å². The highest BCUT2D eigenvalue weighted by Gasteiger charge is 2.31. The Morgan fingerprint density at radius 2 is 2.19 bits per heavy atom. The van der Waals surface area contributed by atoms with Crippen molar-refractivity contribution in [2.24, 2.45) is 0 Å². The molecule has 0 radical (unpaired) electrons. The van der Waals surface area contributed by atoms with Gasteiger partial charge in [0.15, 0.2) is 0 Å². The SMILES string of the molecule is C=Cc1nc(CCN2CC(c3nc(C(=O)NC4CCc5cccnc54)cs3)C2)[nH]c1C=C. The van der Waals surface area contributed by atoms with Crippen LogP contribution in [0.25, 0.3) is 12.2 Å². The number of pyridine rings is 1. The molecule has 7 nitrogen and oxygen atoms in total. The molecule has 0 aromatic carbocycles. The largest absolute Gasteiger partial charge is 0.342 e. The molecule has 3 aromatic rings. The van der Waals surface area contributed by atoms with E-state index in [-0.39, 0.29) is 11.9 Å².